The molecule has 0 spiro atoms. The lowest BCUT2D eigenvalue weighted by molar-refractivity contribution is 0.198. The lowest BCUT2D eigenvalue weighted by Gasteiger charge is -2.07. The third-order valence-corrected chi connectivity index (χ3v) is 1.81. The predicted octanol–water partition coefficient (Wildman–Crippen LogP) is 0.519. The molecule has 1 aromatic rings. The molecule has 15 heavy (non-hydrogen) atoms. The number of hydrogen-bond acceptors (Lipinski definition) is 6. The van der Waals surface area contributed by atoms with E-state index in [4.69, 9.17) is 10.6 Å². The van der Waals surface area contributed by atoms with E-state index in [1.54, 1.807) is 7.11 Å². The van der Waals surface area contributed by atoms with Gasteiger partial charge in [0.1, 0.15) is 5.82 Å². The van der Waals surface area contributed by atoms with Gasteiger partial charge in [0, 0.05) is 32.0 Å². The molecule has 0 unspecified atom stereocenters. The van der Waals surface area contributed by atoms with Crippen LogP contribution in [0.25, 0.3) is 0 Å². The Labute approximate surface area is 89.2 Å². The van der Waals surface area contributed by atoms with Gasteiger partial charge in [0.05, 0.1) is 0 Å². The van der Waals surface area contributed by atoms with Crippen molar-refractivity contribution in [3.05, 3.63) is 11.8 Å². The van der Waals surface area contributed by atoms with Gasteiger partial charge in [-0.1, -0.05) is 0 Å². The Hall–Kier alpha value is -1.40. The maximum atomic E-state index is 5.24. The van der Waals surface area contributed by atoms with Crippen LogP contribution in [-0.2, 0) is 4.74 Å². The van der Waals surface area contributed by atoms with Crippen LogP contribution in [0.5, 0.6) is 0 Å². The summed E-state index contributed by atoms with van der Waals surface area (Å²) in [6, 6.07) is 1.87. The smallest absolute Gasteiger partial charge is 0.239 e. The lowest BCUT2D eigenvalue weighted by atomic mass is 10.4. The van der Waals surface area contributed by atoms with E-state index < -0.39 is 0 Å². The Bertz CT molecular complexity index is 305. The summed E-state index contributed by atoms with van der Waals surface area (Å²) in [6.45, 7) is 3.44. The van der Waals surface area contributed by atoms with E-state index in [0.717, 1.165) is 31.1 Å². The maximum Gasteiger partial charge on any atom is 0.239 e. The highest BCUT2D eigenvalue weighted by Gasteiger charge is 1.99. The van der Waals surface area contributed by atoms with E-state index >= 15 is 0 Å². The standard InChI is InChI=1S/C9H17N5O/c1-7-6-8(11-4-3-5-15-2)13-9(12-7)14-10/h6H,3-5,10H2,1-2H3,(H2,11,12,13,14). The highest BCUT2D eigenvalue weighted by molar-refractivity contribution is 5.41. The molecule has 0 fully saturated rings. The minimum Gasteiger partial charge on any atom is -0.385 e. The molecule has 0 aliphatic heterocycles. The van der Waals surface area contributed by atoms with Crippen LogP contribution in [0.4, 0.5) is 11.8 Å². The molecule has 84 valence electrons. The number of nitrogens with zero attached hydrogens (tertiary/aromatic N) is 2. The molecule has 0 saturated carbocycles. The van der Waals surface area contributed by atoms with Gasteiger partial charge in [-0.25, -0.2) is 10.8 Å². The minimum atomic E-state index is 0.421. The van der Waals surface area contributed by atoms with Gasteiger partial charge in [-0.2, -0.15) is 4.98 Å². The van der Waals surface area contributed by atoms with E-state index in [1.807, 2.05) is 13.0 Å². The molecule has 6 nitrogen and oxygen atoms in total. The number of methoxy groups -OCH3 is 1. The Morgan fingerprint density at radius 1 is 1.47 bits per heavy atom. The molecule has 0 atom stereocenters. The van der Waals surface area contributed by atoms with Crippen molar-refractivity contribution in [2.24, 2.45) is 5.84 Å². The SMILES string of the molecule is COCCCNc1cc(C)nc(NN)n1. The summed E-state index contributed by atoms with van der Waals surface area (Å²) in [5.74, 6) is 6.43. The quantitative estimate of drug-likeness (QED) is 0.361. The zero-order valence-electron chi connectivity index (χ0n) is 9.08. The molecule has 0 saturated heterocycles. The van der Waals surface area contributed by atoms with Crippen molar-refractivity contribution in [2.75, 3.05) is 31.0 Å². The van der Waals surface area contributed by atoms with E-state index in [0.29, 0.717) is 5.95 Å². The first-order chi connectivity index (χ1) is 7.26. The summed E-state index contributed by atoms with van der Waals surface area (Å²) in [5, 5.41) is 3.17. The summed E-state index contributed by atoms with van der Waals surface area (Å²) in [4.78, 5) is 8.24. The van der Waals surface area contributed by atoms with E-state index in [2.05, 4.69) is 20.7 Å². The van der Waals surface area contributed by atoms with Crippen molar-refractivity contribution in [2.45, 2.75) is 13.3 Å². The van der Waals surface area contributed by atoms with Crippen molar-refractivity contribution in [1.82, 2.24) is 9.97 Å². The number of nitrogens with one attached hydrogen (secondary N) is 2. The average molecular weight is 211 g/mol. The fourth-order valence-corrected chi connectivity index (χ4v) is 1.16. The van der Waals surface area contributed by atoms with Gasteiger partial charge in [0.25, 0.3) is 0 Å². The Kier molecular flexibility index (Phi) is 4.79. The number of anilines is 2. The second kappa shape index (κ2) is 6.15. The lowest BCUT2D eigenvalue weighted by Crippen LogP contribution is -2.13. The number of ether oxygens (including phenoxy) is 1. The second-order valence-electron chi connectivity index (χ2n) is 3.14. The Morgan fingerprint density at radius 3 is 2.93 bits per heavy atom. The van der Waals surface area contributed by atoms with Crippen LogP contribution >= 0.6 is 0 Å². The first-order valence-corrected chi connectivity index (χ1v) is 4.81. The van der Waals surface area contributed by atoms with Crippen LogP contribution in [0.2, 0.25) is 0 Å². The van der Waals surface area contributed by atoms with Crippen LogP contribution in [0.1, 0.15) is 12.1 Å². The fourth-order valence-electron chi connectivity index (χ4n) is 1.16. The number of aromatic nitrogens is 2. The van der Waals surface area contributed by atoms with Gasteiger partial charge in [-0.05, 0) is 13.3 Å². The molecule has 0 aliphatic rings. The molecule has 6 heteroatoms. The molecule has 0 radical (unpaired) electrons. The first kappa shape index (κ1) is 11.7. The molecular formula is C9H17N5O. The second-order valence-corrected chi connectivity index (χ2v) is 3.14. The van der Waals surface area contributed by atoms with Crippen LogP contribution in [0.3, 0.4) is 0 Å². The van der Waals surface area contributed by atoms with Crippen molar-refractivity contribution < 1.29 is 4.74 Å². The molecule has 0 bridgehead atoms. The molecule has 0 amide bonds. The number of hydrazine groups is 1. The molecular weight excluding hydrogens is 194 g/mol. The predicted molar refractivity (Wildman–Crippen MR) is 59.6 cm³/mol. The zero-order valence-corrected chi connectivity index (χ0v) is 9.08. The van der Waals surface area contributed by atoms with Crippen LogP contribution in [-0.4, -0.2) is 30.2 Å². The average Bonchev–Trinajstić information content (AvgIpc) is 2.23. The van der Waals surface area contributed by atoms with E-state index in [1.165, 1.54) is 0 Å². The highest BCUT2D eigenvalue weighted by atomic mass is 16.5. The maximum absolute atomic E-state index is 5.24. The number of nitrogens with two attached hydrogens (primary N) is 1. The number of aryl methyl sites for hydroxylation is 1. The molecule has 1 rings (SSSR count). The van der Waals surface area contributed by atoms with E-state index in [9.17, 15) is 0 Å². The molecule has 0 aromatic carbocycles. The topological polar surface area (TPSA) is 85.1 Å². The van der Waals surface area contributed by atoms with Crippen LogP contribution in [0, 0.1) is 6.92 Å². The van der Waals surface area contributed by atoms with E-state index in [-0.39, 0.29) is 0 Å². The molecule has 1 aromatic heterocycles. The summed E-state index contributed by atoms with van der Waals surface area (Å²) in [7, 11) is 1.69. The zero-order chi connectivity index (χ0) is 11.1. The largest absolute Gasteiger partial charge is 0.385 e. The molecule has 1 heterocycles. The summed E-state index contributed by atoms with van der Waals surface area (Å²) >= 11 is 0. The number of hydrogen-bond donors (Lipinski definition) is 3. The van der Waals surface area contributed by atoms with Crippen molar-refractivity contribution >= 4 is 11.8 Å². The van der Waals surface area contributed by atoms with Crippen LogP contribution in [0.15, 0.2) is 6.07 Å². The normalized spacial score (nSPS) is 10.1. The van der Waals surface area contributed by atoms with Gasteiger partial charge in [-0.3, -0.25) is 5.43 Å². The van der Waals surface area contributed by atoms with Gasteiger partial charge in [0.2, 0.25) is 5.95 Å². The highest BCUT2D eigenvalue weighted by Crippen LogP contribution is 2.08. The van der Waals surface area contributed by atoms with Crippen LogP contribution < -0.4 is 16.6 Å². The van der Waals surface area contributed by atoms with Crippen molar-refractivity contribution in [3.63, 3.8) is 0 Å². The first-order valence-electron chi connectivity index (χ1n) is 4.81. The number of rotatable bonds is 6. The van der Waals surface area contributed by atoms with Gasteiger partial charge >= 0.3 is 0 Å². The van der Waals surface area contributed by atoms with Crippen molar-refractivity contribution in [1.29, 1.82) is 0 Å². The summed E-state index contributed by atoms with van der Waals surface area (Å²) in [5.41, 5.74) is 3.29. The Morgan fingerprint density at radius 2 is 2.27 bits per heavy atom. The Balaban J connectivity index is 2.49. The van der Waals surface area contributed by atoms with Gasteiger partial charge in [-0.15, -0.1) is 0 Å². The molecule has 4 N–H and O–H groups in total. The molecule has 0 aliphatic carbocycles. The third kappa shape index (κ3) is 4.09. The fraction of sp³-hybridized carbons (Fsp3) is 0.556. The van der Waals surface area contributed by atoms with Gasteiger partial charge in [0.15, 0.2) is 0 Å². The third-order valence-electron chi connectivity index (χ3n) is 1.81. The van der Waals surface area contributed by atoms with Gasteiger partial charge < -0.3 is 10.1 Å². The minimum absolute atomic E-state index is 0.421. The monoisotopic (exact) mass is 211 g/mol. The summed E-state index contributed by atoms with van der Waals surface area (Å²) < 4.78 is 4.94. The number of nitrogen functional groups attached to an aromatic ring is 1. The van der Waals surface area contributed by atoms with Crippen molar-refractivity contribution in [3.8, 4) is 0 Å². The summed E-state index contributed by atoms with van der Waals surface area (Å²) in [6.07, 6.45) is 0.935.